The Morgan fingerprint density at radius 1 is 0.923 bits per heavy atom. The average molecular weight is 525 g/mol. The maximum Gasteiger partial charge on any atom is 0.197 e. The highest BCUT2D eigenvalue weighted by molar-refractivity contribution is 5.84. The maximum absolute atomic E-state index is 15.4. The predicted molar refractivity (Wildman–Crippen MR) is 146 cm³/mol. The standard InChI is InChI=1S/C29H26F2N8/c1-16(19-6-5-7-23(30)9-19)35-27-14-33-28-29(37-27)39(18(3)36-28)17(2)24-10-20-8-21(22-13-34-38(4)15-22)12-32-26(20)11-25(24)31/h5-17H,1-4H3,(H,35,37)/t16-,17-/m0/s1. The number of fused-ring (bicyclic) bond motifs is 2. The molecule has 0 aliphatic carbocycles. The van der Waals surface area contributed by atoms with Gasteiger partial charge in [0.25, 0.3) is 0 Å². The van der Waals surface area contributed by atoms with E-state index < -0.39 is 6.04 Å². The molecule has 6 aromatic rings. The second-order valence-electron chi connectivity index (χ2n) is 9.72. The van der Waals surface area contributed by atoms with Gasteiger partial charge < -0.3 is 9.88 Å². The molecule has 0 bridgehead atoms. The molecule has 0 spiro atoms. The third-order valence-electron chi connectivity index (χ3n) is 6.97. The second-order valence-corrected chi connectivity index (χ2v) is 9.72. The molecule has 4 aromatic heterocycles. The SMILES string of the molecule is Cc1nc2ncc(N[C@@H](C)c3cccc(F)c3)nc2n1[C@@H](C)c1cc2cc(-c3cnn(C)c3)cnc2cc1F. The van der Waals surface area contributed by atoms with Crippen molar-refractivity contribution >= 4 is 28.0 Å². The molecule has 0 saturated carbocycles. The number of imidazole rings is 1. The van der Waals surface area contributed by atoms with Crippen LogP contribution in [0.2, 0.25) is 0 Å². The zero-order chi connectivity index (χ0) is 27.3. The number of hydrogen-bond donors (Lipinski definition) is 1. The first-order valence-electron chi connectivity index (χ1n) is 12.6. The van der Waals surface area contributed by atoms with Crippen LogP contribution in [0.4, 0.5) is 14.6 Å². The fourth-order valence-electron chi connectivity index (χ4n) is 4.94. The van der Waals surface area contributed by atoms with Crippen LogP contribution in [0.3, 0.4) is 0 Å². The summed E-state index contributed by atoms with van der Waals surface area (Å²) in [4.78, 5) is 18.3. The van der Waals surface area contributed by atoms with Crippen LogP contribution in [0.5, 0.6) is 0 Å². The van der Waals surface area contributed by atoms with Gasteiger partial charge >= 0.3 is 0 Å². The molecule has 2 aromatic carbocycles. The first-order chi connectivity index (χ1) is 18.8. The number of nitrogens with zero attached hydrogens (tertiary/aromatic N) is 7. The summed E-state index contributed by atoms with van der Waals surface area (Å²) in [5.41, 5.74) is 4.67. The van der Waals surface area contributed by atoms with E-state index in [1.807, 2.05) is 56.8 Å². The third kappa shape index (κ3) is 4.58. The molecular weight excluding hydrogens is 498 g/mol. The zero-order valence-electron chi connectivity index (χ0n) is 21.9. The van der Waals surface area contributed by atoms with E-state index in [4.69, 9.17) is 4.98 Å². The Morgan fingerprint density at radius 3 is 2.54 bits per heavy atom. The molecule has 4 heterocycles. The lowest BCUT2D eigenvalue weighted by Crippen LogP contribution is -2.13. The van der Waals surface area contributed by atoms with Crippen molar-refractivity contribution in [3.8, 4) is 11.1 Å². The van der Waals surface area contributed by atoms with Gasteiger partial charge in [-0.3, -0.25) is 9.67 Å². The Bertz CT molecular complexity index is 1840. The van der Waals surface area contributed by atoms with Crippen LogP contribution in [0.15, 0.2) is 67.3 Å². The molecule has 196 valence electrons. The van der Waals surface area contributed by atoms with Crippen molar-refractivity contribution in [3.05, 3.63) is 95.8 Å². The predicted octanol–water partition coefficient (Wildman–Crippen LogP) is 6.14. The van der Waals surface area contributed by atoms with Crippen molar-refractivity contribution in [2.75, 3.05) is 5.32 Å². The topological polar surface area (TPSA) is 86.3 Å². The number of hydrogen-bond acceptors (Lipinski definition) is 6. The number of benzene rings is 2. The van der Waals surface area contributed by atoms with Crippen LogP contribution in [0.1, 0.15) is 42.9 Å². The number of rotatable bonds is 6. The summed E-state index contributed by atoms with van der Waals surface area (Å²) in [6.45, 7) is 5.68. The Morgan fingerprint density at radius 2 is 1.77 bits per heavy atom. The van der Waals surface area contributed by atoms with E-state index in [0.29, 0.717) is 34.0 Å². The maximum atomic E-state index is 15.4. The monoisotopic (exact) mass is 524 g/mol. The summed E-state index contributed by atoms with van der Waals surface area (Å²) in [6.07, 6.45) is 7.01. The van der Waals surface area contributed by atoms with Gasteiger partial charge in [-0.15, -0.1) is 0 Å². The molecule has 0 unspecified atom stereocenters. The van der Waals surface area contributed by atoms with E-state index in [1.54, 1.807) is 29.3 Å². The van der Waals surface area contributed by atoms with Crippen molar-refractivity contribution in [1.29, 1.82) is 0 Å². The molecule has 8 nitrogen and oxygen atoms in total. The van der Waals surface area contributed by atoms with Gasteiger partial charge in [0.05, 0.1) is 30.0 Å². The van der Waals surface area contributed by atoms with Crippen LogP contribution >= 0.6 is 0 Å². The second kappa shape index (κ2) is 9.54. The largest absolute Gasteiger partial charge is 0.362 e. The Balaban J connectivity index is 1.37. The van der Waals surface area contributed by atoms with E-state index in [0.717, 1.165) is 22.1 Å². The summed E-state index contributed by atoms with van der Waals surface area (Å²) >= 11 is 0. The van der Waals surface area contributed by atoms with Crippen LogP contribution in [0, 0.1) is 18.6 Å². The lowest BCUT2D eigenvalue weighted by atomic mass is 10.0. The quantitative estimate of drug-likeness (QED) is 0.282. The van der Waals surface area contributed by atoms with E-state index >= 15 is 4.39 Å². The van der Waals surface area contributed by atoms with Crippen molar-refractivity contribution in [3.63, 3.8) is 0 Å². The van der Waals surface area contributed by atoms with Crippen molar-refractivity contribution in [2.45, 2.75) is 32.9 Å². The molecule has 0 saturated heterocycles. The summed E-state index contributed by atoms with van der Waals surface area (Å²) in [5.74, 6) is 0.511. The molecule has 0 radical (unpaired) electrons. The molecule has 0 fully saturated rings. The molecule has 10 heteroatoms. The van der Waals surface area contributed by atoms with E-state index in [9.17, 15) is 4.39 Å². The normalized spacial score (nSPS) is 13.2. The van der Waals surface area contributed by atoms with Gasteiger partial charge in [-0.05, 0) is 50.6 Å². The summed E-state index contributed by atoms with van der Waals surface area (Å²) < 4.78 is 32.7. The van der Waals surface area contributed by atoms with Crippen LogP contribution < -0.4 is 5.32 Å². The molecular formula is C29H26F2N8. The summed E-state index contributed by atoms with van der Waals surface area (Å²) in [6, 6.07) is 11.1. The van der Waals surface area contributed by atoms with E-state index in [2.05, 4.69) is 25.4 Å². The highest BCUT2D eigenvalue weighted by Gasteiger charge is 2.21. The van der Waals surface area contributed by atoms with Gasteiger partial charge in [0.15, 0.2) is 11.3 Å². The highest BCUT2D eigenvalue weighted by atomic mass is 19.1. The minimum atomic E-state index is -0.424. The van der Waals surface area contributed by atoms with Crippen LogP contribution in [-0.2, 0) is 7.05 Å². The first-order valence-corrected chi connectivity index (χ1v) is 12.6. The van der Waals surface area contributed by atoms with Crippen molar-refractivity contribution in [1.82, 2.24) is 34.3 Å². The molecule has 2 atom stereocenters. The molecule has 0 aliphatic heterocycles. The molecule has 6 rings (SSSR count). The molecule has 39 heavy (non-hydrogen) atoms. The lowest BCUT2D eigenvalue weighted by molar-refractivity contribution is 0.557. The van der Waals surface area contributed by atoms with Crippen LogP contribution in [0.25, 0.3) is 33.3 Å². The average Bonchev–Trinajstić information content (AvgIpc) is 3.49. The lowest BCUT2D eigenvalue weighted by Gasteiger charge is -2.19. The highest BCUT2D eigenvalue weighted by Crippen LogP contribution is 2.31. The van der Waals surface area contributed by atoms with Gasteiger partial charge in [-0.1, -0.05) is 12.1 Å². The smallest absolute Gasteiger partial charge is 0.197 e. The number of aromatic nitrogens is 7. The fraction of sp³-hybridized carbons (Fsp3) is 0.207. The van der Waals surface area contributed by atoms with Crippen LogP contribution in [-0.4, -0.2) is 34.3 Å². The fourth-order valence-corrected chi connectivity index (χ4v) is 4.94. The van der Waals surface area contributed by atoms with Crippen molar-refractivity contribution < 1.29 is 8.78 Å². The Labute approximate surface area is 223 Å². The third-order valence-corrected chi connectivity index (χ3v) is 6.97. The van der Waals surface area contributed by atoms with E-state index in [1.165, 1.54) is 18.2 Å². The number of anilines is 1. The minimum Gasteiger partial charge on any atom is -0.362 e. The number of aryl methyl sites for hydroxylation is 2. The molecule has 0 amide bonds. The Kier molecular flexibility index (Phi) is 6.02. The zero-order valence-corrected chi connectivity index (χ0v) is 21.9. The van der Waals surface area contributed by atoms with Gasteiger partial charge in [0.2, 0.25) is 0 Å². The number of nitrogens with one attached hydrogen (secondary N) is 1. The minimum absolute atomic E-state index is 0.207. The summed E-state index contributed by atoms with van der Waals surface area (Å²) in [7, 11) is 1.86. The first kappa shape index (κ1) is 24.6. The van der Waals surface area contributed by atoms with Gasteiger partial charge in [0, 0.05) is 47.6 Å². The van der Waals surface area contributed by atoms with Gasteiger partial charge in [-0.25, -0.2) is 23.7 Å². The molecule has 1 N–H and O–H groups in total. The Hall–Kier alpha value is -4.73. The van der Waals surface area contributed by atoms with Crippen molar-refractivity contribution in [2.24, 2.45) is 7.05 Å². The number of halogens is 2. The number of pyridine rings is 1. The van der Waals surface area contributed by atoms with E-state index in [-0.39, 0.29) is 17.7 Å². The molecule has 0 aliphatic rings. The summed E-state index contributed by atoms with van der Waals surface area (Å²) in [5, 5.41) is 8.33. The van der Waals surface area contributed by atoms with Gasteiger partial charge in [0.1, 0.15) is 23.3 Å². The van der Waals surface area contributed by atoms with Gasteiger partial charge in [-0.2, -0.15) is 5.10 Å².